The number of benzene rings is 1. The predicted molar refractivity (Wildman–Crippen MR) is 66.6 cm³/mol. The number of halogens is 2. The molecule has 1 fully saturated rings. The van der Waals surface area contributed by atoms with Crippen LogP contribution in [0.25, 0.3) is 0 Å². The number of hydrogen-bond donors (Lipinski definition) is 1. The van der Waals surface area contributed by atoms with Gasteiger partial charge in [0.25, 0.3) is 0 Å². The van der Waals surface area contributed by atoms with Crippen LogP contribution in [0.3, 0.4) is 0 Å². The summed E-state index contributed by atoms with van der Waals surface area (Å²) in [6.45, 7) is 4.60. The second-order valence-electron chi connectivity index (χ2n) is 4.50. The first-order valence-corrected chi connectivity index (χ1v) is 6.31. The summed E-state index contributed by atoms with van der Waals surface area (Å²) in [6, 6.07) is 4.82. The minimum Gasteiger partial charge on any atom is -0.378 e. The minimum absolute atomic E-state index is 0.182. The average molecular weight is 258 g/mol. The van der Waals surface area contributed by atoms with Crippen molar-refractivity contribution in [3.8, 4) is 0 Å². The Morgan fingerprint density at radius 1 is 1.53 bits per heavy atom. The summed E-state index contributed by atoms with van der Waals surface area (Å²) in [5.74, 6) is 0.208. The van der Waals surface area contributed by atoms with Gasteiger partial charge in [0.05, 0.1) is 11.1 Å². The second kappa shape index (κ2) is 5.80. The third-order valence-corrected chi connectivity index (χ3v) is 3.54. The van der Waals surface area contributed by atoms with Gasteiger partial charge < -0.3 is 10.1 Å². The molecule has 94 valence electrons. The molecule has 1 N–H and O–H groups in total. The van der Waals surface area contributed by atoms with Gasteiger partial charge in [-0.15, -0.1) is 0 Å². The van der Waals surface area contributed by atoms with Crippen LogP contribution < -0.4 is 5.32 Å². The lowest BCUT2D eigenvalue weighted by molar-refractivity contribution is 0.105. The summed E-state index contributed by atoms with van der Waals surface area (Å²) in [5, 5.41) is 3.54. The lowest BCUT2D eigenvalue weighted by atomic mass is 10.0. The maximum atomic E-state index is 12.9. The third-order valence-electron chi connectivity index (χ3n) is 3.25. The molecule has 2 atom stereocenters. The van der Waals surface area contributed by atoms with Crippen LogP contribution in [0.5, 0.6) is 0 Å². The van der Waals surface area contributed by atoms with Crippen LogP contribution in [0.15, 0.2) is 18.2 Å². The predicted octanol–water partition coefficient (Wildman–Crippen LogP) is 2.99. The maximum absolute atomic E-state index is 12.9. The SMILES string of the molecule is CC1OCCC1CNCc1ccc(F)c(Cl)c1. The summed E-state index contributed by atoms with van der Waals surface area (Å²) >= 11 is 5.72. The Morgan fingerprint density at radius 3 is 3.00 bits per heavy atom. The first-order chi connectivity index (χ1) is 8.16. The molecule has 1 saturated heterocycles. The molecule has 4 heteroatoms. The van der Waals surface area contributed by atoms with E-state index in [2.05, 4.69) is 12.2 Å². The standard InChI is InChI=1S/C13H17ClFNO/c1-9-11(4-5-17-9)8-16-7-10-2-3-13(15)12(14)6-10/h2-3,6,9,11,16H,4-5,7-8H2,1H3. The zero-order valence-electron chi connectivity index (χ0n) is 9.88. The molecule has 0 aromatic heterocycles. The Hall–Kier alpha value is -0.640. The first kappa shape index (κ1) is 12.8. The van der Waals surface area contributed by atoms with Crippen LogP contribution in [0.4, 0.5) is 4.39 Å². The lowest BCUT2D eigenvalue weighted by Crippen LogP contribution is -2.26. The Bertz CT molecular complexity index is 386. The summed E-state index contributed by atoms with van der Waals surface area (Å²) in [4.78, 5) is 0. The molecule has 0 amide bonds. The van der Waals surface area contributed by atoms with Crippen molar-refractivity contribution in [2.75, 3.05) is 13.2 Å². The molecule has 0 spiro atoms. The van der Waals surface area contributed by atoms with Gasteiger partial charge in [0.2, 0.25) is 0 Å². The van der Waals surface area contributed by atoms with Crippen molar-refractivity contribution in [1.82, 2.24) is 5.32 Å². The van der Waals surface area contributed by atoms with E-state index in [1.165, 1.54) is 6.07 Å². The third kappa shape index (κ3) is 3.41. The summed E-state index contributed by atoms with van der Waals surface area (Å²) in [6.07, 6.45) is 1.44. The molecule has 0 radical (unpaired) electrons. The van der Waals surface area contributed by atoms with Gasteiger partial charge >= 0.3 is 0 Å². The van der Waals surface area contributed by atoms with Crippen molar-refractivity contribution in [1.29, 1.82) is 0 Å². The van der Waals surface area contributed by atoms with E-state index in [1.807, 2.05) is 0 Å². The number of hydrogen-bond acceptors (Lipinski definition) is 2. The van der Waals surface area contributed by atoms with Gasteiger partial charge in [-0.05, 0) is 37.0 Å². The topological polar surface area (TPSA) is 21.3 Å². The Morgan fingerprint density at radius 2 is 2.35 bits per heavy atom. The van der Waals surface area contributed by atoms with Crippen LogP contribution in [-0.4, -0.2) is 19.3 Å². The van der Waals surface area contributed by atoms with Gasteiger partial charge in [-0.25, -0.2) is 4.39 Å². The monoisotopic (exact) mass is 257 g/mol. The van der Waals surface area contributed by atoms with Crippen LogP contribution in [0.1, 0.15) is 18.9 Å². The Balaban J connectivity index is 1.79. The van der Waals surface area contributed by atoms with Crippen molar-refractivity contribution in [3.63, 3.8) is 0 Å². The number of ether oxygens (including phenoxy) is 1. The molecule has 2 rings (SSSR count). The van der Waals surface area contributed by atoms with Crippen molar-refractivity contribution in [2.24, 2.45) is 5.92 Å². The van der Waals surface area contributed by atoms with E-state index in [9.17, 15) is 4.39 Å². The number of rotatable bonds is 4. The summed E-state index contributed by atoms with van der Waals surface area (Å²) in [7, 11) is 0. The van der Waals surface area contributed by atoms with E-state index in [0.29, 0.717) is 18.6 Å². The van der Waals surface area contributed by atoms with E-state index in [-0.39, 0.29) is 10.8 Å². The van der Waals surface area contributed by atoms with E-state index < -0.39 is 0 Å². The molecule has 0 aliphatic carbocycles. The molecule has 17 heavy (non-hydrogen) atoms. The molecule has 1 aromatic carbocycles. The molecule has 2 unspecified atom stereocenters. The van der Waals surface area contributed by atoms with Gasteiger partial charge in [0.15, 0.2) is 0 Å². The Kier molecular flexibility index (Phi) is 4.37. The zero-order chi connectivity index (χ0) is 12.3. The fraction of sp³-hybridized carbons (Fsp3) is 0.538. The molecule has 1 heterocycles. The zero-order valence-corrected chi connectivity index (χ0v) is 10.6. The van der Waals surface area contributed by atoms with Crippen molar-refractivity contribution in [3.05, 3.63) is 34.6 Å². The van der Waals surface area contributed by atoms with E-state index in [1.54, 1.807) is 12.1 Å². The molecule has 0 saturated carbocycles. The normalized spacial score (nSPS) is 24.2. The summed E-state index contributed by atoms with van der Waals surface area (Å²) < 4.78 is 18.4. The fourth-order valence-electron chi connectivity index (χ4n) is 2.10. The van der Waals surface area contributed by atoms with E-state index in [0.717, 1.165) is 25.1 Å². The highest BCUT2D eigenvalue weighted by atomic mass is 35.5. The van der Waals surface area contributed by atoms with Gasteiger partial charge in [0, 0.05) is 19.7 Å². The van der Waals surface area contributed by atoms with Crippen molar-refractivity contribution < 1.29 is 9.13 Å². The molecule has 1 aliphatic heterocycles. The molecular weight excluding hydrogens is 241 g/mol. The van der Waals surface area contributed by atoms with Gasteiger partial charge in [0.1, 0.15) is 5.82 Å². The highest BCUT2D eigenvalue weighted by molar-refractivity contribution is 6.30. The molecule has 2 nitrogen and oxygen atoms in total. The highest BCUT2D eigenvalue weighted by Gasteiger charge is 2.23. The van der Waals surface area contributed by atoms with E-state index in [4.69, 9.17) is 16.3 Å². The minimum atomic E-state index is -0.367. The largest absolute Gasteiger partial charge is 0.378 e. The summed E-state index contributed by atoms with van der Waals surface area (Å²) in [5.41, 5.74) is 1.00. The van der Waals surface area contributed by atoms with Crippen molar-refractivity contribution >= 4 is 11.6 Å². The van der Waals surface area contributed by atoms with E-state index >= 15 is 0 Å². The quantitative estimate of drug-likeness (QED) is 0.895. The smallest absolute Gasteiger partial charge is 0.141 e. The van der Waals surface area contributed by atoms with Crippen LogP contribution in [0, 0.1) is 11.7 Å². The van der Waals surface area contributed by atoms with Gasteiger partial charge in [-0.1, -0.05) is 17.7 Å². The molecule has 0 bridgehead atoms. The van der Waals surface area contributed by atoms with Crippen LogP contribution in [-0.2, 0) is 11.3 Å². The molecule has 1 aliphatic rings. The fourth-order valence-corrected chi connectivity index (χ4v) is 2.30. The van der Waals surface area contributed by atoms with Crippen LogP contribution in [0.2, 0.25) is 5.02 Å². The van der Waals surface area contributed by atoms with Gasteiger partial charge in [-0.2, -0.15) is 0 Å². The average Bonchev–Trinajstić information content (AvgIpc) is 2.70. The highest BCUT2D eigenvalue weighted by Crippen LogP contribution is 2.20. The maximum Gasteiger partial charge on any atom is 0.141 e. The lowest BCUT2D eigenvalue weighted by Gasteiger charge is -2.14. The number of nitrogens with one attached hydrogen (secondary N) is 1. The van der Waals surface area contributed by atoms with Crippen molar-refractivity contribution in [2.45, 2.75) is 26.0 Å². The van der Waals surface area contributed by atoms with Gasteiger partial charge in [-0.3, -0.25) is 0 Å². The molecular formula is C13H17ClFNO. The first-order valence-electron chi connectivity index (χ1n) is 5.93. The second-order valence-corrected chi connectivity index (χ2v) is 4.91. The van der Waals surface area contributed by atoms with Crippen LogP contribution >= 0.6 is 11.6 Å². The Labute approximate surface area is 106 Å². The molecule has 1 aromatic rings.